The maximum absolute atomic E-state index is 12.2. The lowest BCUT2D eigenvalue weighted by Gasteiger charge is -2.27. The van der Waals surface area contributed by atoms with Gasteiger partial charge in [0, 0.05) is 28.6 Å². The summed E-state index contributed by atoms with van der Waals surface area (Å²) in [6, 6.07) is 38.3. The molecule has 54 heavy (non-hydrogen) atoms. The number of aromatic nitrogens is 3. The molecule has 0 atom stereocenters. The average Bonchev–Trinajstić information content (AvgIpc) is 3.61. The number of hydrogen-bond donors (Lipinski definition) is 1. The molecule has 0 bridgehead atoms. The molecule has 6 aromatic carbocycles. The van der Waals surface area contributed by atoms with E-state index in [1.807, 2.05) is 99.8 Å². The zero-order valence-corrected chi connectivity index (χ0v) is 31.4. The first kappa shape index (κ1) is 29.2. The van der Waals surface area contributed by atoms with Crippen molar-refractivity contribution in [2.24, 2.45) is 0 Å². The zero-order chi connectivity index (χ0) is 42.0. The summed E-state index contributed by atoms with van der Waals surface area (Å²) in [6.45, 7) is 12.4. The summed E-state index contributed by atoms with van der Waals surface area (Å²) >= 11 is 0. The number of phenolic OH excluding ortho intramolecular Hbond substituents is 1. The van der Waals surface area contributed by atoms with Gasteiger partial charge in [0.05, 0.1) is 29.1 Å². The molecule has 0 aliphatic rings. The van der Waals surface area contributed by atoms with Gasteiger partial charge in [0.25, 0.3) is 0 Å². The number of rotatable bonds is 6. The Morgan fingerprint density at radius 2 is 1.22 bits per heavy atom. The van der Waals surface area contributed by atoms with Crippen LogP contribution in [0.25, 0.3) is 72.7 Å². The second-order valence-corrected chi connectivity index (χ2v) is 15.8. The van der Waals surface area contributed by atoms with Crippen LogP contribution in [0.3, 0.4) is 0 Å². The molecule has 1 N–H and O–H groups in total. The van der Waals surface area contributed by atoms with E-state index in [0.29, 0.717) is 22.2 Å². The second kappa shape index (κ2) is 13.6. The van der Waals surface area contributed by atoms with Crippen molar-refractivity contribution in [3.05, 3.63) is 169 Å². The molecule has 266 valence electrons. The summed E-state index contributed by atoms with van der Waals surface area (Å²) in [5.74, 6) is 0.283. The smallest absolute Gasteiger partial charge is 0.149 e. The molecule has 4 nitrogen and oxygen atoms in total. The third-order valence-corrected chi connectivity index (χ3v) is 9.93. The minimum atomic E-state index is -0.488. The Morgan fingerprint density at radius 3 is 1.89 bits per heavy atom. The minimum absolute atomic E-state index is 0.0220. The van der Waals surface area contributed by atoms with Gasteiger partial charge in [-0.2, -0.15) is 0 Å². The Bertz CT molecular complexity index is 2880. The van der Waals surface area contributed by atoms with Gasteiger partial charge in [-0.3, -0.25) is 9.55 Å². The number of nitrogens with zero attached hydrogens (tertiary/aromatic N) is 3. The van der Waals surface area contributed by atoms with Crippen molar-refractivity contribution in [1.29, 1.82) is 0 Å². The van der Waals surface area contributed by atoms with E-state index in [-0.39, 0.29) is 34.8 Å². The quantitative estimate of drug-likeness (QED) is 0.187. The fraction of sp³-hybridized carbons (Fsp3) is 0.160. The van der Waals surface area contributed by atoms with Gasteiger partial charge in [-0.25, -0.2) is 4.98 Å². The van der Waals surface area contributed by atoms with Crippen molar-refractivity contribution in [2.75, 3.05) is 0 Å². The first-order chi connectivity index (χ1) is 28.0. The van der Waals surface area contributed by atoms with Gasteiger partial charge in [0.1, 0.15) is 11.6 Å². The van der Waals surface area contributed by atoms with E-state index in [2.05, 4.69) is 69.3 Å². The van der Waals surface area contributed by atoms with Crippen molar-refractivity contribution < 1.29 is 12.0 Å². The average molecular weight is 709 g/mol. The second-order valence-electron chi connectivity index (χ2n) is 15.8. The van der Waals surface area contributed by atoms with E-state index < -0.39 is 23.5 Å². The van der Waals surface area contributed by atoms with Gasteiger partial charge in [-0.1, -0.05) is 139 Å². The fourth-order valence-corrected chi connectivity index (χ4v) is 7.03. The van der Waals surface area contributed by atoms with Crippen LogP contribution in [-0.2, 0) is 10.8 Å². The molecular formula is C50H45N3O. The van der Waals surface area contributed by atoms with Gasteiger partial charge in [0.15, 0.2) is 0 Å². The topological polar surface area (TPSA) is 50.9 Å². The molecule has 2 heterocycles. The van der Waals surface area contributed by atoms with Crippen LogP contribution in [0, 0.1) is 0 Å². The summed E-state index contributed by atoms with van der Waals surface area (Å²) in [5.41, 5.74) is 9.70. The van der Waals surface area contributed by atoms with E-state index in [4.69, 9.17) is 16.8 Å². The highest BCUT2D eigenvalue weighted by Gasteiger charge is 2.28. The first-order valence-electron chi connectivity index (χ1n) is 20.7. The summed E-state index contributed by atoms with van der Waals surface area (Å²) < 4.78 is 45.6. The predicted molar refractivity (Wildman–Crippen MR) is 225 cm³/mol. The molecule has 8 aromatic rings. The van der Waals surface area contributed by atoms with Gasteiger partial charge < -0.3 is 5.11 Å². The standard InChI is InChI=1S/C50H45N3O/c1-49(2,3)39-31-42(47(54)43(32-39)50(4,5)6)48-52-46-41(23-16-24-45(46)53(48)40-21-14-9-15-22-40)37-27-36(34-19-12-8-13-20-34)28-38(29-37)44-30-35(25-26-51-44)33-17-10-7-11-18-33/h7-32,54H,1-6H3/i9D,14D,15D,21D,22D. The Balaban J connectivity index is 1.46. The zero-order valence-electron chi connectivity index (χ0n) is 36.4. The number of benzene rings is 6. The molecule has 2 aromatic heterocycles. The molecule has 0 fully saturated rings. The van der Waals surface area contributed by atoms with Crippen LogP contribution >= 0.6 is 0 Å². The van der Waals surface area contributed by atoms with Crippen LogP contribution in [0.4, 0.5) is 0 Å². The SMILES string of the molecule is [2H]c1c([2H])c([2H])c(-n2c(-c3cc(C(C)(C)C)cc(C(C)(C)C)c3O)nc3c(-c4cc(-c5ccccc5)cc(-c5cc(-c6ccccc6)ccn5)c4)cccc32)c([2H])c1[2H]. The lowest BCUT2D eigenvalue weighted by atomic mass is 9.79. The lowest BCUT2D eigenvalue weighted by Crippen LogP contribution is -2.17. The Morgan fingerprint density at radius 1 is 0.574 bits per heavy atom. The highest BCUT2D eigenvalue weighted by atomic mass is 16.3. The number of hydrogen-bond acceptors (Lipinski definition) is 3. The van der Waals surface area contributed by atoms with Crippen molar-refractivity contribution >= 4 is 11.0 Å². The third-order valence-electron chi connectivity index (χ3n) is 9.93. The van der Waals surface area contributed by atoms with E-state index in [1.54, 1.807) is 4.57 Å². The van der Waals surface area contributed by atoms with E-state index in [0.717, 1.165) is 50.2 Å². The highest BCUT2D eigenvalue weighted by Crippen LogP contribution is 2.44. The van der Waals surface area contributed by atoms with Crippen molar-refractivity contribution in [2.45, 2.75) is 52.4 Å². The highest BCUT2D eigenvalue weighted by molar-refractivity contribution is 5.97. The Hall–Kier alpha value is -6.26. The molecule has 0 aliphatic carbocycles. The Labute approximate surface area is 325 Å². The number of phenols is 1. The van der Waals surface area contributed by atoms with E-state index >= 15 is 0 Å². The van der Waals surface area contributed by atoms with Crippen LogP contribution in [0.2, 0.25) is 0 Å². The predicted octanol–water partition coefficient (Wildman–Crippen LogP) is 13.1. The molecule has 0 saturated heterocycles. The van der Waals surface area contributed by atoms with Crippen molar-refractivity contribution in [1.82, 2.24) is 14.5 Å². The molecule has 8 rings (SSSR count). The summed E-state index contributed by atoms with van der Waals surface area (Å²) in [6.07, 6.45) is 1.82. The molecule has 4 heteroatoms. The van der Waals surface area contributed by atoms with Gasteiger partial charge in [0.2, 0.25) is 0 Å². The molecule has 0 amide bonds. The van der Waals surface area contributed by atoms with Crippen molar-refractivity contribution in [3.63, 3.8) is 0 Å². The minimum Gasteiger partial charge on any atom is -0.507 e. The number of para-hydroxylation sites is 2. The molecule has 0 aliphatic heterocycles. The van der Waals surface area contributed by atoms with Gasteiger partial charge in [-0.15, -0.1) is 0 Å². The van der Waals surface area contributed by atoms with Crippen LogP contribution < -0.4 is 0 Å². The maximum atomic E-state index is 12.2. The molecular weight excluding hydrogens is 659 g/mol. The summed E-state index contributed by atoms with van der Waals surface area (Å²) in [7, 11) is 0. The maximum Gasteiger partial charge on any atom is 0.149 e. The van der Waals surface area contributed by atoms with Crippen LogP contribution in [0.1, 0.15) is 59.5 Å². The number of imidazole rings is 1. The van der Waals surface area contributed by atoms with Gasteiger partial charge in [-0.05, 0) is 98.8 Å². The Kier molecular flexibility index (Phi) is 7.37. The van der Waals surface area contributed by atoms with E-state index in [1.165, 1.54) is 0 Å². The van der Waals surface area contributed by atoms with Crippen molar-refractivity contribution in [3.8, 4) is 67.5 Å². The summed E-state index contributed by atoms with van der Waals surface area (Å²) in [5, 5.41) is 12.2. The largest absolute Gasteiger partial charge is 0.507 e. The normalized spacial score (nSPS) is 13.3. The number of aromatic hydroxyl groups is 1. The number of fused-ring (bicyclic) bond motifs is 1. The van der Waals surface area contributed by atoms with E-state index in [9.17, 15) is 5.11 Å². The first-order valence-corrected chi connectivity index (χ1v) is 18.2. The number of pyridine rings is 1. The summed E-state index contributed by atoms with van der Waals surface area (Å²) in [4.78, 5) is 10.1. The fourth-order valence-electron chi connectivity index (χ4n) is 7.03. The molecule has 0 radical (unpaired) electrons. The molecule has 0 saturated carbocycles. The van der Waals surface area contributed by atoms with Crippen LogP contribution in [0.5, 0.6) is 5.75 Å². The van der Waals surface area contributed by atoms with Crippen LogP contribution in [0.15, 0.2) is 158 Å². The molecule has 0 spiro atoms. The lowest BCUT2D eigenvalue weighted by molar-refractivity contribution is 0.446. The van der Waals surface area contributed by atoms with Crippen LogP contribution in [-0.4, -0.2) is 19.6 Å². The molecule has 0 unspecified atom stereocenters. The van der Waals surface area contributed by atoms with Gasteiger partial charge >= 0.3 is 0 Å². The third kappa shape index (κ3) is 6.60. The monoisotopic (exact) mass is 708 g/mol.